The summed E-state index contributed by atoms with van der Waals surface area (Å²) in [7, 11) is 0. The van der Waals surface area contributed by atoms with Crippen LogP contribution >= 0.6 is 0 Å². The predicted molar refractivity (Wildman–Crippen MR) is 239 cm³/mol. The summed E-state index contributed by atoms with van der Waals surface area (Å²) in [6.45, 7) is 0. The van der Waals surface area contributed by atoms with Crippen LogP contribution in [0.2, 0.25) is 0 Å². The van der Waals surface area contributed by atoms with Gasteiger partial charge < -0.3 is 13.9 Å². The van der Waals surface area contributed by atoms with Crippen LogP contribution in [-0.2, 0) is 0 Å². The highest BCUT2D eigenvalue weighted by atomic mass is 16.3. The normalized spacial score (nSPS) is 11.5. The molecule has 0 saturated carbocycles. The van der Waals surface area contributed by atoms with Crippen LogP contribution in [0.15, 0.2) is 223 Å². The molecule has 3 heteroatoms. The zero-order valence-electron chi connectivity index (χ0n) is 31.1. The molecule has 11 aromatic rings. The van der Waals surface area contributed by atoms with Gasteiger partial charge in [-0.05, 0) is 82.4 Å². The van der Waals surface area contributed by atoms with Crippen LogP contribution in [-0.4, -0.2) is 4.57 Å². The number of fused-ring (bicyclic) bond motifs is 6. The highest BCUT2D eigenvalue weighted by Gasteiger charge is 2.21. The molecule has 9 aromatic carbocycles. The average Bonchev–Trinajstić information content (AvgIpc) is 3.84. The molecule has 0 fully saturated rings. The maximum atomic E-state index is 6.61. The van der Waals surface area contributed by atoms with E-state index < -0.39 is 0 Å². The monoisotopic (exact) mass is 728 g/mol. The minimum atomic E-state index is 0.862. The fourth-order valence-electron chi connectivity index (χ4n) is 8.61. The van der Waals surface area contributed by atoms with Crippen LogP contribution in [0.5, 0.6) is 0 Å². The average molecular weight is 729 g/mol. The Morgan fingerprint density at radius 2 is 0.877 bits per heavy atom. The molecular formula is C54H36N2O. The third kappa shape index (κ3) is 5.51. The SMILES string of the molecule is c1ccc(-c2ccc(N(c3ccc(-c4ccccc4-n4c5ccccc5c5c(-c6ccccc6)cccc54)cc3)c3cccc4c3oc3ccccc34)cc2)cc1. The predicted octanol–water partition coefficient (Wildman–Crippen LogP) is 15.2. The fraction of sp³-hybridized carbons (Fsp3) is 0. The van der Waals surface area contributed by atoms with E-state index in [-0.39, 0.29) is 0 Å². The molecule has 0 aliphatic carbocycles. The maximum Gasteiger partial charge on any atom is 0.159 e. The van der Waals surface area contributed by atoms with E-state index in [9.17, 15) is 0 Å². The molecule has 2 heterocycles. The summed E-state index contributed by atoms with van der Waals surface area (Å²) in [5.74, 6) is 0. The third-order valence-corrected chi connectivity index (χ3v) is 11.2. The van der Waals surface area contributed by atoms with Crippen molar-refractivity contribution in [3.05, 3.63) is 218 Å². The van der Waals surface area contributed by atoms with Crippen molar-refractivity contribution < 1.29 is 4.42 Å². The lowest BCUT2D eigenvalue weighted by Crippen LogP contribution is -2.10. The second-order valence-corrected chi connectivity index (χ2v) is 14.5. The molecule has 268 valence electrons. The molecule has 0 spiro atoms. The summed E-state index contributed by atoms with van der Waals surface area (Å²) >= 11 is 0. The van der Waals surface area contributed by atoms with Crippen LogP contribution in [0.4, 0.5) is 17.1 Å². The lowest BCUT2D eigenvalue weighted by atomic mass is 9.99. The minimum absolute atomic E-state index is 0.862. The van der Waals surface area contributed by atoms with Crippen molar-refractivity contribution in [3.8, 4) is 39.1 Å². The summed E-state index contributed by atoms with van der Waals surface area (Å²) in [5.41, 5.74) is 15.5. The Bertz CT molecular complexity index is 3210. The first kappa shape index (κ1) is 32.8. The smallest absolute Gasteiger partial charge is 0.159 e. The minimum Gasteiger partial charge on any atom is -0.454 e. The van der Waals surface area contributed by atoms with E-state index in [1.54, 1.807) is 0 Å². The first-order valence-corrected chi connectivity index (χ1v) is 19.4. The molecular weight excluding hydrogens is 693 g/mol. The molecule has 57 heavy (non-hydrogen) atoms. The van der Waals surface area contributed by atoms with Crippen molar-refractivity contribution in [2.24, 2.45) is 0 Å². The number of anilines is 3. The van der Waals surface area contributed by atoms with Crippen LogP contribution < -0.4 is 4.90 Å². The van der Waals surface area contributed by atoms with Crippen LogP contribution in [0.1, 0.15) is 0 Å². The van der Waals surface area contributed by atoms with E-state index in [2.05, 4.69) is 216 Å². The van der Waals surface area contributed by atoms with Gasteiger partial charge >= 0.3 is 0 Å². The molecule has 0 aliphatic heterocycles. The van der Waals surface area contributed by atoms with Gasteiger partial charge in [-0.25, -0.2) is 0 Å². The van der Waals surface area contributed by atoms with Gasteiger partial charge in [0.25, 0.3) is 0 Å². The van der Waals surface area contributed by atoms with Gasteiger partial charge in [-0.15, -0.1) is 0 Å². The van der Waals surface area contributed by atoms with E-state index in [1.165, 1.54) is 44.1 Å². The molecule has 0 amide bonds. The Hall–Kier alpha value is -7.62. The van der Waals surface area contributed by atoms with Crippen molar-refractivity contribution in [2.45, 2.75) is 0 Å². The Morgan fingerprint density at radius 3 is 1.65 bits per heavy atom. The Morgan fingerprint density at radius 1 is 0.351 bits per heavy atom. The van der Waals surface area contributed by atoms with Gasteiger partial charge in [0, 0.05) is 38.5 Å². The Kier molecular flexibility index (Phi) is 7.82. The summed E-state index contributed by atoms with van der Waals surface area (Å²) in [6, 6.07) is 78.0. The van der Waals surface area contributed by atoms with Crippen molar-refractivity contribution >= 4 is 60.8 Å². The maximum absolute atomic E-state index is 6.61. The molecule has 2 aromatic heterocycles. The first-order valence-electron chi connectivity index (χ1n) is 19.4. The molecule has 0 N–H and O–H groups in total. The van der Waals surface area contributed by atoms with E-state index in [0.29, 0.717) is 0 Å². The van der Waals surface area contributed by atoms with Gasteiger partial charge in [-0.2, -0.15) is 0 Å². The quantitative estimate of drug-likeness (QED) is 0.163. The molecule has 11 rings (SSSR count). The van der Waals surface area contributed by atoms with Crippen LogP contribution in [0.3, 0.4) is 0 Å². The number of aromatic nitrogens is 1. The topological polar surface area (TPSA) is 21.3 Å². The number of benzene rings is 9. The number of hydrogen-bond donors (Lipinski definition) is 0. The number of hydrogen-bond acceptors (Lipinski definition) is 2. The molecule has 0 saturated heterocycles. The Labute approximate surface area is 330 Å². The van der Waals surface area contributed by atoms with Crippen molar-refractivity contribution in [2.75, 3.05) is 4.90 Å². The van der Waals surface area contributed by atoms with E-state index in [0.717, 1.165) is 55.8 Å². The fourth-order valence-corrected chi connectivity index (χ4v) is 8.61. The van der Waals surface area contributed by atoms with Gasteiger partial charge in [0.05, 0.1) is 22.4 Å². The number of nitrogens with zero attached hydrogens (tertiary/aromatic N) is 2. The van der Waals surface area contributed by atoms with Gasteiger partial charge in [0.15, 0.2) is 5.58 Å². The van der Waals surface area contributed by atoms with Crippen LogP contribution in [0, 0.1) is 0 Å². The summed E-state index contributed by atoms with van der Waals surface area (Å²) in [6.07, 6.45) is 0. The second-order valence-electron chi connectivity index (χ2n) is 14.5. The van der Waals surface area contributed by atoms with E-state index in [4.69, 9.17) is 4.42 Å². The van der Waals surface area contributed by atoms with Gasteiger partial charge in [-0.3, -0.25) is 0 Å². The highest BCUT2D eigenvalue weighted by molar-refractivity contribution is 6.16. The molecule has 0 aliphatic rings. The van der Waals surface area contributed by atoms with Crippen molar-refractivity contribution in [1.82, 2.24) is 4.57 Å². The van der Waals surface area contributed by atoms with E-state index >= 15 is 0 Å². The standard InChI is InChI=1S/C54H36N2O/c1-3-15-37(16-4-1)38-29-33-41(34-30-38)55(51-27-14-23-46-45-20-9-12-28-52(45)57-54(46)51)42-35-31-40(32-36-42)43-19-7-10-24-48(43)56-49-25-11-8-21-47(49)53-44(22-13-26-50(53)56)39-17-5-2-6-18-39/h1-36H. The lowest BCUT2D eigenvalue weighted by Gasteiger charge is -2.26. The Balaban J connectivity index is 1.06. The molecule has 0 bridgehead atoms. The molecule has 0 radical (unpaired) electrons. The first-order chi connectivity index (χ1) is 28.3. The lowest BCUT2D eigenvalue weighted by molar-refractivity contribution is 0.669. The van der Waals surface area contributed by atoms with Crippen molar-refractivity contribution in [3.63, 3.8) is 0 Å². The van der Waals surface area contributed by atoms with Gasteiger partial charge in [0.1, 0.15) is 5.58 Å². The van der Waals surface area contributed by atoms with Gasteiger partial charge in [0.2, 0.25) is 0 Å². The zero-order chi connectivity index (χ0) is 37.7. The highest BCUT2D eigenvalue weighted by Crippen LogP contribution is 2.44. The van der Waals surface area contributed by atoms with Crippen LogP contribution in [0.25, 0.3) is 82.8 Å². The molecule has 0 unspecified atom stereocenters. The summed E-state index contributed by atoms with van der Waals surface area (Å²) in [5, 5.41) is 4.71. The second kappa shape index (κ2) is 13.6. The number of furan rings is 1. The zero-order valence-corrected chi connectivity index (χ0v) is 31.1. The van der Waals surface area contributed by atoms with E-state index in [1.807, 2.05) is 12.1 Å². The molecule has 0 atom stereocenters. The summed E-state index contributed by atoms with van der Waals surface area (Å²) < 4.78 is 9.05. The number of para-hydroxylation sites is 4. The largest absolute Gasteiger partial charge is 0.454 e. The third-order valence-electron chi connectivity index (χ3n) is 11.2. The number of rotatable bonds is 7. The molecule has 3 nitrogen and oxygen atoms in total. The summed E-state index contributed by atoms with van der Waals surface area (Å²) in [4.78, 5) is 2.31. The van der Waals surface area contributed by atoms with Gasteiger partial charge in [-0.1, -0.05) is 164 Å². The van der Waals surface area contributed by atoms with Crippen molar-refractivity contribution in [1.29, 1.82) is 0 Å².